The predicted octanol–water partition coefficient (Wildman–Crippen LogP) is -0.0924. The van der Waals surface area contributed by atoms with Crippen LogP contribution in [0.5, 0.6) is 0 Å². The third-order valence-electron chi connectivity index (χ3n) is 1.67. The Hall–Kier alpha value is -0.410. The molecule has 0 amide bonds. The average Bonchev–Trinajstić information content (AvgIpc) is 2.03. The van der Waals surface area contributed by atoms with Gasteiger partial charge in [0.25, 0.3) is 0 Å². The van der Waals surface area contributed by atoms with Crippen molar-refractivity contribution < 1.29 is 9.53 Å². The van der Waals surface area contributed by atoms with Crippen molar-refractivity contribution in [1.82, 2.24) is 4.90 Å². The van der Waals surface area contributed by atoms with Gasteiger partial charge in [-0.05, 0) is 0 Å². The summed E-state index contributed by atoms with van der Waals surface area (Å²) in [6.45, 7) is 4.49. The summed E-state index contributed by atoms with van der Waals surface area (Å²) in [7, 11) is 0. The number of hydrogen-bond donors (Lipinski definition) is 0. The molecule has 58 valence electrons. The highest BCUT2D eigenvalue weighted by Crippen LogP contribution is 1.96. The molecule has 1 aliphatic rings. The van der Waals surface area contributed by atoms with Crippen LogP contribution in [0.2, 0.25) is 0 Å². The van der Waals surface area contributed by atoms with Gasteiger partial charge in [0.1, 0.15) is 6.29 Å². The molecule has 1 fully saturated rings. The lowest BCUT2D eigenvalue weighted by atomic mass is 10.3. The number of nitrogens with zero attached hydrogens (tertiary/aromatic N) is 1. The number of carbonyl (C=O) groups excluding carboxylic acids is 1. The van der Waals surface area contributed by atoms with E-state index in [2.05, 4.69) is 4.90 Å². The fourth-order valence-corrected chi connectivity index (χ4v) is 1.06. The highest BCUT2D eigenvalue weighted by Gasteiger charge is 2.08. The van der Waals surface area contributed by atoms with Gasteiger partial charge >= 0.3 is 0 Å². The Labute approximate surface area is 61.0 Å². The van der Waals surface area contributed by atoms with E-state index in [1.54, 1.807) is 0 Å². The fraction of sp³-hybridized carbons (Fsp3) is 0.857. The number of rotatable bonds is 3. The Morgan fingerprint density at radius 1 is 1.40 bits per heavy atom. The van der Waals surface area contributed by atoms with Gasteiger partial charge < -0.3 is 9.53 Å². The van der Waals surface area contributed by atoms with Crippen LogP contribution in [0.4, 0.5) is 0 Å². The van der Waals surface area contributed by atoms with Gasteiger partial charge in [0.05, 0.1) is 13.2 Å². The molecule has 0 bridgehead atoms. The molecule has 0 aromatic heterocycles. The second-order valence-electron chi connectivity index (χ2n) is 2.41. The monoisotopic (exact) mass is 143 g/mol. The lowest BCUT2D eigenvalue weighted by molar-refractivity contribution is -0.108. The van der Waals surface area contributed by atoms with Crippen LogP contribution in [0.25, 0.3) is 0 Å². The second-order valence-corrected chi connectivity index (χ2v) is 2.41. The van der Waals surface area contributed by atoms with Crippen molar-refractivity contribution in [2.24, 2.45) is 0 Å². The molecule has 3 nitrogen and oxygen atoms in total. The van der Waals surface area contributed by atoms with E-state index < -0.39 is 0 Å². The number of morpholine rings is 1. The number of hydrogen-bond acceptors (Lipinski definition) is 3. The third-order valence-corrected chi connectivity index (χ3v) is 1.67. The van der Waals surface area contributed by atoms with Gasteiger partial charge in [-0.2, -0.15) is 0 Å². The normalized spacial score (nSPS) is 20.8. The maximum atomic E-state index is 9.99. The largest absolute Gasteiger partial charge is 0.379 e. The first kappa shape index (κ1) is 7.69. The van der Waals surface area contributed by atoms with Crippen LogP contribution < -0.4 is 0 Å². The van der Waals surface area contributed by atoms with Crippen LogP contribution in [-0.2, 0) is 9.53 Å². The van der Waals surface area contributed by atoms with Crippen LogP contribution in [0.1, 0.15) is 6.42 Å². The minimum absolute atomic E-state index is 0.653. The van der Waals surface area contributed by atoms with Crippen molar-refractivity contribution in [2.75, 3.05) is 32.8 Å². The first-order valence-electron chi connectivity index (χ1n) is 3.67. The molecule has 3 heteroatoms. The number of aldehydes is 1. The highest BCUT2D eigenvalue weighted by molar-refractivity contribution is 5.49. The van der Waals surface area contributed by atoms with Gasteiger partial charge in [-0.1, -0.05) is 0 Å². The lowest BCUT2D eigenvalue weighted by Crippen LogP contribution is -2.36. The van der Waals surface area contributed by atoms with Crippen LogP contribution in [0, 0.1) is 0 Å². The molecule has 0 aromatic carbocycles. The zero-order valence-corrected chi connectivity index (χ0v) is 6.08. The maximum Gasteiger partial charge on any atom is 0.121 e. The van der Waals surface area contributed by atoms with E-state index in [0.717, 1.165) is 39.1 Å². The molecule has 0 spiro atoms. The lowest BCUT2D eigenvalue weighted by Gasteiger charge is -2.25. The van der Waals surface area contributed by atoms with Gasteiger partial charge in [0, 0.05) is 26.1 Å². The van der Waals surface area contributed by atoms with Gasteiger partial charge in [0.2, 0.25) is 0 Å². The quantitative estimate of drug-likeness (QED) is 0.517. The van der Waals surface area contributed by atoms with Crippen molar-refractivity contribution in [2.45, 2.75) is 6.42 Å². The topological polar surface area (TPSA) is 29.5 Å². The molecule has 0 unspecified atom stereocenters. The first-order valence-corrected chi connectivity index (χ1v) is 3.67. The molecule has 1 heterocycles. The van der Waals surface area contributed by atoms with Crippen LogP contribution in [0.3, 0.4) is 0 Å². The molecule has 10 heavy (non-hydrogen) atoms. The molecule has 0 radical (unpaired) electrons. The minimum Gasteiger partial charge on any atom is -0.379 e. The Balaban J connectivity index is 2.07. The van der Waals surface area contributed by atoms with E-state index >= 15 is 0 Å². The van der Waals surface area contributed by atoms with Gasteiger partial charge in [-0.25, -0.2) is 0 Å². The zero-order valence-electron chi connectivity index (χ0n) is 6.08. The summed E-state index contributed by atoms with van der Waals surface area (Å²) in [6.07, 6.45) is 1.62. The van der Waals surface area contributed by atoms with E-state index in [4.69, 9.17) is 4.74 Å². The molecule has 1 saturated heterocycles. The molecular weight excluding hydrogens is 130 g/mol. The minimum atomic E-state index is 0.653. The highest BCUT2D eigenvalue weighted by atomic mass is 16.5. The summed E-state index contributed by atoms with van der Waals surface area (Å²) >= 11 is 0. The second kappa shape index (κ2) is 4.41. The van der Waals surface area contributed by atoms with E-state index in [1.165, 1.54) is 0 Å². The summed E-state index contributed by atoms with van der Waals surface area (Å²) in [6, 6.07) is 0. The molecule has 0 N–H and O–H groups in total. The SMILES string of the molecule is O=CCCN1CCOCC1. The fourth-order valence-electron chi connectivity index (χ4n) is 1.06. The molecule has 1 rings (SSSR count). The van der Waals surface area contributed by atoms with Crippen molar-refractivity contribution >= 4 is 6.29 Å². The molecular formula is C7H13NO2. The number of carbonyl (C=O) groups is 1. The molecule has 0 aromatic rings. The zero-order chi connectivity index (χ0) is 7.23. The van der Waals surface area contributed by atoms with E-state index in [-0.39, 0.29) is 0 Å². The molecule has 0 saturated carbocycles. The van der Waals surface area contributed by atoms with Crippen LogP contribution in [0.15, 0.2) is 0 Å². The van der Waals surface area contributed by atoms with E-state index in [0.29, 0.717) is 6.42 Å². The molecule has 0 aliphatic carbocycles. The predicted molar refractivity (Wildman–Crippen MR) is 37.9 cm³/mol. The van der Waals surface area contributed by atoms with Gasteiger partial charge in [-0.3, -0.25) is 4.90 Å². The summed E-state index contributed by atoms with van der Waals surface area (Å²) < 4.78 is 5.15. The smallest absolute Gasteiger partial charge is 0.121 e. The van der Waals surface area contributed by atoms with Crippen LogP contribution >= 0.6 is 0 Å². The summed E-state index contributed by atoms with van der Waals surface area (Å²) in [5.74, 6) is 0. The van der Waals surface area contributed by atoms with Crippen LogP contribution in [-0.4, -0.2) is 44.0 Å². The van der Waals surface area contributed by atoms with Gasteiger partial charge in [-0.15, -0.1) is 0 Å². The molecule has 1 aliphatic heterocycles. The standard InChI is InChI=1S/C7H13NO2/c9-5-1-2-8-3-6-10-7-4-8/h5H,1-4,6-7H2. The summed E-state index contributed by atoms with van der Waals surface area (Å²) in [4.78, 5) is 12.2. The first-order chi connectivity index (χ1) is 4.93. The van der Waals surface area contributed by atoms with E-state index in [9.17, 15) is 4.79 Å². The van der Waals surface area contributed by atoms with E-state index in [1.807, 2.05) is 0 Å². The Kier molecular flexibility index (Phi) is 3.40. The third kappa shape index (κ3) is 2.45. The van der Waals surface area contributed by atoms with Crippen molar-refractivity contribution in [1.29, 1.82) is 0 Å². The average molecular weight is 143 g/mol. The number of ether oxygens (including phenoxy) is 1. The van der Waals surface area contributed by atoms with Crippen molar-refractivity contribution in [3.63, 3.8) is 0 Å². The van der Waals surface area contributed by atoms with Crippen molar-refractivity contribution in [3.05, 3.63) is 0 Å². The van der Waals surface area contributed by atoms with Crippen molar-refractivity contribution in [3.8, 4) is 0 Å². The Bertz CT molecular complexity index is 99.8. The Morgan fingerprint density at radius 2 is 2.10 bits per heavy atom. The maximum absolute atomic E-state index is 9.99. The molecule has 0 atom stereocenters. The summed E-state index contributed by atoms with van der Waals surface area (Å²) in [5.41, 5.74) is 0. The Morgan fingerprint density at radius 3 is 2.70 bits per heavy atom. The van der Waals surface area contributed by atoms with Gasteiger partial charge in [0.15, 0.2) is 0 Å². The summed E-state index contributed by atoms with van der Waals surface area (Å²) in [5, 5.41) is 0.